The Kier molecular flexibility index (Phi) is 5.88. The third-order valence-corrected chi connectivity index (χ3v) is 2.95. The molecule has 0 fully saturated rings. The lowest BCUT2D eigenvalue weighted by atomic mass is 10.2. The van der Waals surface area contributed by atoms with Gasteiger partial charge >= 0.3 is 0 Å². The fraction of sp³-hybridized carbons (Fsp3) is 0.429. The lowest BCUT2D eigenvalue weighted by Gasteiger charge is -2.07. The number of rotatable bonds is 3. The third kappa shape index (κ3) is 2.92. The van der Waals surface area contributed by atoms with Crippen LogP contribution in [0.3, 0.4) is 0 Å². The zero-order valence-electron chi connectivity index (χ0n) is 6.50. The summed E-state index contributed by atoms with van der Waals surface area (Å²) in [4.78, 5) is 1.04. The summed E-state index contributed by atoms with van der Waals surface area (Å²) in [6, 6.07) is 1.87. The van der Waals surface area contributed by atoms with Crippen molar-refractivity contribution in [1.82, 2.24) is 0 Å². The van der Waals surface area contributed by atoms with E-state index in [0.717, 1.165) is 16.3 Å². The van der Waals surface area contributed by atoms with Crippen LogP contribution in [0.4, 0.5) is 0 Å². The van der Waals surface area contributed by atoms with Gasteiger partial charge in [0.15, 0.2) is 0 Å². The largest absolute Gasteiger partial charge is 0.330 e. The molecule has 0 aliphatic heterocycles. The average Bonchev–Trinajstić information content (AvgIpc) is 2.36. The standard InChI is InChI=1S/C7H11ClN2S.ClH/c8-5-2-4-11-7(5)6(10)1-3-9;/h2,4,6H,1,3,9-10H2;1H/t6-;/m0./s1. The van der Waals surface area contributed by atoms with Crippen molar-refractivity contribution in [2.45, 2.75) is 12.5 Å². The normalized spacial score (nSPS) is 12.2. The number of hydrogen-bond acceptors (Lipinski definition) is 3. The van der Waals surface area contributed by atoms with Crippen LogP contribution in [0, 0.1) is 0 Å². The van der Waals surface area contributed by atoms with Gasteiger partial charge in [-0.05, 0) is 24.4 Å². The zero-order valence-corrected chi connectivity index (χ0v) is 8.88. The molecule has 1 aromatic heterocycles. The second-order valence-corrected chi connectivity index (χ2v) is 3.67. The first-order valence-electron chi connectivity index (χ1n) is 3.44. The molecule has 1 heterocycles. The Bertz CT molecular complexity index is 227. The van der Waals surface area contributed by atoms with Crippen LogP contribution in [0.15, 0.2) is 11.4 Å². The van der Waals surface area contributed by atoms with E-state index >= 15 is 0 Å². The van der Waals surface area contributed by atoms with E-state index in [1.165, 1.54) is 0 Å². The molecule has 1 rings (SSSR count). The van der Waals surface area contributed by atoms with Gasteiger partial charge in [0.25, 0.3) is 0 Å². The highest BCUT2D eigenvalue weighted by atomic mass is 35.5. The van der Waals surface area contributed by atoms with Crippen LogP contribution in [0.5, 0.6) is 0 Å². The van der Waals surface area contributed by atoms with Crippen molar-refractivity contribution >= 4 is 35.3 Å². The lowest BCUT2D eigenvalue weighted by Crippen LogP contribution is -2.14. The van der Waals surface area contributed by atoms with Gasteiger partial charge in [0, 0.05) is 10.9 Å². The quantitative estimate of drug-likeness (QED) is 0.831. The predicted octanol–water partition coefficient (Wildman–Crippen LogP) is 2.17. The smallest absolute Gasteiger partial charge is 0.0561 e. The van der Waals surface area contributed by atoms with E-state index in [1.807, 2.05) is 11.4 Å². The highest BCUT2D eigenvalue weighted by molar-refractivity contribution is 7.10. The van der Waals surface area contributed by atoms with Gasteiger partial charge in [0.05, 0.1) is 5.02 Å². The Morgan fingerprint density at radius 2 is 2.25 bits per heavy atom. The summed E-state index contributed by atoms with van der Waals surface area (Å²) in [6.45, 7) is 0.607. The molecule has 0 bridgehead atoms. The van der Waals surface area contributed by atoms with Crippen molar-refractivity contribution in [1.29, 1.82) is 0 Å². The number of nitrogens with two attached hydrogens (primary N) is 2. The Hall–Kier alpha value is 0.200. The maximum atomic E-state index is 5.86. The summed E-state index contributed by atoms with van der Waals surface area (Å²) < 4.78 is 0. The van der Waals surface area contributed by atoms with Crippen LogP contribution < -0.4 is 11.5 Å². The van der Waals surface area contributed by atoms with E-state index in [0.29, 0.717) is 6.54 Å². The summed E-state index contributed by atoms with van der Waals surface area (Å²) in [5.74, 6) is 0. The summed E-state index contributed by atoms with van der Waals surface area (Å²) >= 11 is 7.45. The fourth-order valence-corrected chi connectivity index (χ4v) is 2.12. The van der Waals surface area contributed by atoms with Gasteiger partial charge in [-0.15, -0.1) is 23.7 Å². The Morgan fingerprint density at radius 1 is 1.58 bits per heavy atom. The van der Waals surface area contributed by atoms with E-state index < -0.39 is 0 Å². The molecule has 0 aliphatic carbocycles. The minimum atomic E-state index is 0. The molecule has 0 unspecified atom stereocenters. The second kappa shape index (κ2) is 5.78. The number of hydrogen-bond donors (Lipinski definition) is 2. The molecule has 0 saturated heterocycles. The van der Waals surface area contributed by atoms with Gasteiger partial charge in [-0.3, -0.25) is 0 Å². The van der Waals surface area contributed by atoms with E-state index in [9.17, 15) is 0 Å². The summed E-state index contributed by atoms with van der Waals surface area (Å²) in [5, 5.41) is 2.70. The SMILES string of the molecule is Cl.NCC[C@H](N)c1sccc1Cl. The molecular weight excluding hydrogens is 215 g/mol. The second-order valence-electron chi connectivity index (χ2n) is 2.32. The first kappa shape index (κ1) is 12.2. The molecule has 0 aliphatic rings. The Morgan fingerprint density at radius 3 is 2.67 bits per heavy atom. The molecule has 0 aromatic carbocycles. The molecule has 1 atom stereocenters. The molecule has 5 heteroatoms. The van der Waals surface area contributed by atoms with Gasteiger partial charge in [-0.25, -0.2) is 0 Å². The zero-order chi connectivity index (χ0) is 8.27. The highest BCUT2D eigenvalue weighted by Crippen LogP contribution is 2.28. The third-order valence-electron chi connectivity index (χ3n) is 1.46. The van der Waals surface area contributed by atoms with E-state index in [2.05, 4.69) is 0 Å². The van der Waals surface area contributed by atoms with Crippen molar-refractivity contribution in [2.24, 2.45) is 11.5 Å². The minimum absolute atomic E-state index is 0. The van der Waals surface area contributed by atoms with Crippen molar-refractivity contribution in [3.05, 3.63) is 21.3 Å². The Balaban J connectivity index is 0.00000121. The molecule has 0 spiro atoms. The van der Waals surface area contributed by atoms with E-state index in [1.54, 1.807) is 11.3 Å². The van der Waals surface area contributed by atoms with Crippen molar-refractivity contribution in [3.63, 3.8) is 0 Å². The maximum Gasteiger partial charge on any atom is 0.0561 e. The van der Waals surface area contributed by atoms with Crippen LogP contribution in [0.25, 0.3) is 0 Å². The van der Waals surface area contributed by atoms with Crippen LogP contribution in [-0.2, 0) is 0 Å². The molecule has 0 amide bonds. The molecule has 0 saturated carbocycles. The highest BCUT2D eigenvalue weighted by Gasteiger charge is 2.09. The molecule has 2 nitrogen and oxygen atoms in total. The van der Waals surface area contributed by atoms with Crippen LogP contribution >= 0.6 is 35.3 Å². The van der Waals surface area contributed by atoms with Gasteiger partial charge in [-0.2, -0.15) is 0 Å². The van der Waals surface area contributed by atoms with E-state index in [4.69, 9.17) is 23.1 Å². The monoisotopic (exact) mass is 226 g/mol. The van der Waals surface area contributed by atoms with Gasteiger partial charge < -0.3 is 11.5 Å². The Labute approximate surface area is 87.3 Å². The molecule has 4 N–H and O–H groups in total. The average molecular weight is 227 g/mol. The van der Waals surface area contributed by atoms with Gasteiger partial charge in [0.2, 0.25) is 0 Å². The van der Waals surface area contributed by atoms with E-state index in [-0.39, 0.29) is 18.4 Å². The minimum Gasteiger partial charge on any atom is -0.330 e. The van der Waals surface area contributed by atoms with Crippen LogP contribution in [0.2, 0.25) is 5.02 Å². The van der Waals surface area contributed by atoms with Crippen LogP contribution in [-0.4, -0.2) is 6.54 Å². The first-order chi connectivity index (χ1) is 5.25. The fourth-order valence-electron chi connectivity index (χ4n) is 0.881. The topological polar surface area (TPSA) is 52.0 Å². The first-order valence-corrected chi connectivity index (χ1v) is 4.70. The lowest BCUT2D eigenvalue weighted by molar-refractivity contribution is 0.672. The van der Waals surface area contributed by atoms with Crippen molar-refractivity contribution < 1.29 is 0 Å². The molecule has 0 radical (unpaired) electrons. The number of halogens is 2. The van der Waals surface area contributed by atoms with Crippen LogP contribution in [0.1, 0.15) is 17.3 Å². The molecule has 12 heavy (non-hydrogen) atoms. The van der Waals surface area contributed by atoms with Crippen molar-refractivity contribution in [2.75, 3.05) is 6.54 Å². The molecule has 1 aromatic rings. The van der Waals surface area contributed by atoms with Gasteiger partial charge in [0.1, 0.15) is 0 Å². The number of thiophene rings is 1. The van der Waals surface area contributed by atoms with Gasteiger partial charge in [-0.1, -0.05) is 11.6 Å². The molecular formula is C7H12Cl2N2S. The predicted molar refractivity (Wildman–Crippen MR) is 57.2 cm³/mol. The summed E-state index contributed by atoms with van der Waals surface area (Å²) in [5.41, 5.74) is 11.2. The summed E-state index contributed by atoms with van der Waals surface area (Å²) in [7, 11) is 0. The summed E-state index contributed by atoms with van der Waals surface area (Å²) in [6.07, 6.45) is 0.792. The molecule has 70 valence electrons. The van der Waals surface area contributed by atoms with Crippen molar-refractivity contribution in [3.8, 4) is 0 Å². The maximum absolute atomic E-state index is 5.86.